The van der Waals surface area contributed by atoms with Gasteiger partial charge in [-0.05, 0) is 51.0 Å². The van der Waals surface area contributed by atoms with Crippen molar-refractivity contribution in [1.29, 1.82) is 0 Å². The fraction of sp³-hybridized carbons (Fsp3) is 0.370. The first kappa shape index (κ1) is 27.3. The van der Waals surface area contributed by atoms with Crippen molar-refractivity contribution in [3.8, 4) is 18.1 Å². The first-order valence-corrected chi connectivity index (χ1v) is 11.1. The number of carbonyl (C=O) groups excluding carboxylic acids is 3. The van der Waals surface area contributed by atoms with E-state index in [-0.39, 0.29) is 13.0 Å². The van der Waals surface area contributed by atoms with Gasteiger partial charge in [0, 0.05) is 6.42 Å². The van der Waals surface area contributed by atoms with Crippen molar-refractivity contribution in [3.63, 3.8) is 0 Å². The number of carbonyl (C=O) groups is 3. The molecule has 2 aromatic rings. The summed E-state index contributed by atoms with van der Waals surface area (Å²) >= 11 is 0. The number of benzene rings is 2. The first-order valence-electron chi connectivity index (χ1n) is 11.1. The molecule has 0 unspecified atom stereocenters. The smallest absolute Gasteiger partial charge is 0.408 e. The van der Waals surface area contributed by atoms with Gasteiger partial charge >= 0.3 is 12.1 Å². The molecule has 2 amide bonds. The number of hydrogen-bond donors (Lipinski definition) is 2. The molecule has 186 valence electrons. The maximum Gasteiger partial charge on any atom is 0.408 e. The van der Waals surface area contributed by atoms with Crippen LogP contribution in [0.2, 0.25) is 0 Å². The molecule has 0 aliphatic rings. The van der Waals surface area contributed by atoms with Crippen LogP contribution in [0, 0.1) is 12.3 Å². The molecule has 0 aliphatic carbocycles. The topological polar surface area (TPSA) is 103 Å². The van der Waals surface area contributed by atoms with Gasteiger partial charge in [0.15, 0.2) is 5.54 Å². The number of methoxy groups -OCH3 is 1. The minimum absolute atomic E-state index is 0.0191. The molecule has 0 aliphatic heterocycles. The molecule has 2 atom stereocenters. The van der Waals surface area contributed by atoms with E-state index in [0.717, 1.165) is 5.56 Å². The lowest BCUT2D eigenvalue weighted by Gasteiger charge is -2.31. The van der Waals surface area contributed by atoms with Gasteiger partial charge in [0.1, 0.15) is 24.0 Å². The van der Waals surface area contributed by atoms with Crippen LogP contribution in [-0.2, 0) is 31.2 Å². The van der Waals surface area contributed by atoms with Gasteiger partial charge in [-0.25, -0.2) is 9.59 Å². The highest BCUT2D eigenvalue weighted by molar-refractivity contribution is 5.92. The van der Waals surface area contributed by atoms with Crippen LogP contribution in [0.25, 0.3) is 0 Å². The molecule has 0 bridgehead atoms. The number of rotatable bonds is 9. The van der Waals surface area contributed by atoms with E-state index in [4.69, 9.17) is 20.6 Å². The van der Waals surface area contributed by atoms with Gasteiger partial charge in [0.25, 0.3) is 0 Å². The zero-order valence-corrected chi connectivity index (χ0v) is 20.7. The standard InChI is InChI=1S/C27H32N2O6/c1-7-11-22(28-25(32)35-26(2,3)4)23(30)29-27(5,20-14-16-21(33-6)17-15-20)24(31)34-18-19-12-9-8-10-13-19/h1,8-10,12-17,22H,11,18H2,2-6H3,(H,28,32)(H,29,30)/t22-,27-/m0/s1. The first-order chi connectivity index (χ1) is 16.5. The lowest BCUT2D eigenvalue weighted by atomic mass is 9.91. The number of hydrogen-bond acceptors (Lipinski definition) is 6. The van der Waals surface area contributed by atoms with E-state index >= 15 is 0 Å². The molecule has 35 heavy (non-hydrogen) atoms. The van der Waals surface area contributed by atoms with Crippen LogP contribution >= 0.6 is 0 Å². The second-order valence-corrected chi connectivity index (χ2v) is 9.01. The van der Waals surface area contributed by atoms with Gasteiger partial charge in [-0.1, -0.05) is 42.5 Å². The highest BCUT2D eigenvalue weighted by Crippen LogP contribution is 2.26. The Morgan fingerprint density at radius 2 is 1.63 bits per heavy atom. The van der Waals surface area contributed by atoms with Crippen LogP contribution in [0.4, 0.5) is 4.79 Å². The number of nitrogens with one attached hydrogen (secondary N) is 2. The zero-order valence-electron chi connectivity index (χ0n) is 20.7. The van der Waals surface area contributed by atoms with E-state index in [0.29, 0.717) is 11.3 Å². The van der Waals surface area contributed by atoms with Gasteiger partial charge in [-0.3, -0.25) is 4.79 Å². The summed E-state index contributed by atoms with van der Waals surface area (Å²) in [5.41, 5.74) is -1.09. The molecule has 2 rings (SSSR count). The van der Waals surface area contributed by atoms with Crippen LogP contribution in [0.5, 0.6) is 5.75 Å². The Hall–Kier alpha value is -3.99. The van der Waals surface area contributed by atoms with Crippen LogP contribution in [0.15, 0.2) is 54.6 Å². The Balaban J connectivity index is 2.29. The monoisotopic (exact) mass is 480 g/mol. The Morgan fingerprint density at radius 1 is 1.00 bits per heavy atom. The Bertz CT molecular complexity index is 1050. The summed E-state index contributed by atoms with van der Waals surface area (Å²) in [6.45, 7) is 6.65. The Morgan fingerprint density at radius 3 is 2.17 bits per heavy atom. The summed E-state index contributed by atoms with van der Waals surface area (Å²) in [6, 6.07) is 14.7. The lowest BCUT2D eigenvalue weighted by molar-refractivity contribution is -0.155. The van der Waals surface area contributed by atoms with Crippen LogP contribution in [0.1, 0.15) is 45.2 Å². The second kappa shape index (κ2) is 11.9. The van der Waals surface area contributed by atoms with Crippen molar-refractivity contribution in [2.24, 2.45) is 0 Å². The SMILES string of the molecule is C#CC[C@H](NC(=O)OC(C)(C)C)C(=O)N[C@](C)(C(=O)OCc1ccccc1)c1ccc(OC)cc1. The third-order valence-electron chi connectivity index (χ3n) is 4.99. The van der Waals surface area contributed by atoms with E-state index in [1.54, 1.807) is 45.0 Å². The molecule has 8 nitrogen and oxygen atoms in total. The Labute approximate surface area is 206 Å². The minimum Gasteiger partial charge on any atom is -0.497 e. The molecule has 0 heterocycles. The quantitative estimate of drug-likeness (QED) is 0.419. The molecule has 0 saturated carbocycles. The van der Waals surface area contributed by atoms with Gasteiger partial charge in [-0.2, -0.15) is 0 Å². The fourth-order valence-corrected chi connectivity index (χ4v) is 3.14. The van der Waals surface area contributed by atoms with Gasteiger partial charge in [-0.15, -0.1) is 12.3 Å². The number of amides is 2. The van der Waals surface area contributed by atoms with Crippen LogP contribution < -0.4 is 15.4 Å². The predicted molar refractivity (Wildman–Crippen MR) is 131 cm³/mol. The number of esters is 1. The van der Waals surface area contributed by atoms with Crippen molar-refractivity contribution in [3.05, 3.63) is 65.7 Å². The molecule has 2 aromatic carbocycles. The van der Waals surface area contributed by atoms with Crippen molar-refractivity contribution in [2.75, 3.05) is 7.11 Å². The molecular weight excluding hydrogens is 448 g/mol. The zero-order chi connectivity index (χ0) is 26.1. The van der Waals surface area contributed by atoms with Crippen molar-refractivity contribution < 1.29 is 28.6 Å². The second-order valence-electron chi connectivity index (χ2n) is 9.01. The molecule has 2 N–H and O–H groups in total. The van der Waals surface area contributed by atoms with Crippen molar-refractivity contribution in [2.45, 2.75) is 57.9 Å². The van der Waals surface area contributed by atoms with Crippen LogP contribution in [0.3, 0.4) is 0 Å². The Kier molecular flexibility index (Phi) is 9.29. The van der Waals surface area contributed by atoms with Gasteiger partial charge < -0.3 is 24.8 Å². The molecular formula is C27H32N2O6. The largest absolute Gasteiger partial charge is 0.497 e. The molecule has 0 spiro atoms. The average molecular weight is 481 g/mol. The van der Waals surface area contributed by atoms with Crippen molar-refractivity contribution >= 4 is 18.0 Å². The van der Waals surface area contributed by atoms with E-state index in [1.165, 1.54) is 14.0 Å². The van der Waals surface area contributed by atoms with Crippen molar-refractivity contribution in [1.82, 2.24) is 10.6 Å². The van der Waals surface area contributed by atoms with E-state index in [1.807, 2.05) is 30.3 Å². The highest BCUT2D eigenvalue weighted by atomic mass is 16.6. The van der Waals surface area contributed by atoms with Gasteiger partial charge in [0.2, 0.25) is 5.91 Å². The normalized spacial score (nSPS) is 13.4. The summed E-state index contributed by atoms with van der Waals surface area (Å²) in [7, 11) is 1.52. The number of terminal acetylenes is 1. The fourth-order valence-electron chi connectivity index (χ4n) is 3.14. The predicted octanol–water partition coefficient (Wildman–Crippen LogP) is 3.69. The van der Waals surface area contributed by atoms with Gasteiger partial charge in [0.05, 0.1) is 7.11 Å². The maximum atomic E-state index is 13.3. The summed E-state index contributed by atoms with van der Waals surface area (Å²) in [5.74, 6) is 1.60. The number of ether oxygens (including phenoxy) is 3. The van der Waals surface area contributed by atoms with Crippen LogP contribution in [-0.4, -0.2) is 36.7 Å². The third-order valence-corrected chi connectivity index (χ3v) is 4.99. The minimum atomic E-state index is -1.58. The maximum absolute atomic E-state index is 13.3. The highest BCUT2D eigenvalue weighted by Gasteiger charge is 2.40. The van der Waals surface area contributed by atoms with E-state index in [9.17, 15) is 14.4 Å². The summed E-state index contributed by atoms with van der Waals surface area (Å²) in [4.78, 5) is 38.8. The average Bonchev–Trinajstić information content (AvgIpc) is 2.81. The molecule has 8 heteroatoms. The lowest BCUT2D eigenvalue weighted by Crippen LogP contribution is -2.56. The van der Waals surface area contributed by atoms with E-state index in [2.05, 4.69) is 16.6 Å². The van der Waals surface area contributed by atoms with E-state index < -0.39 is 35.2 Å². The summed E-state index contributed by atoms with van der Waals surface area (Å²) in [6.07, 6.45) is 4.51. The molecule has 0 radical (unpaired) electrons. The molecule has 0 aromatic heterocycles. The molecule has 0 fully saturated rings. The summed E-state index contributed by atoms with van der Waals surface area (Å²) < 4.78 is 16.0. The molecule has 0 saturated heterocycles. The summed E-state index contributed by atoms with van der Waals surface area (Å²) in [5, 5.41) is 5.19. The number of alkyl carbamates (subject to hydrolysis) is 1. The third kappa shape index (κ3) is 8.07.